The smallest absolute Gasteiger partial charge is 0.236 e. The zero-order chi connectivity index (χ0) is 13.7. The number of benzene rings is 1. The Balaban J connectivity index is 1.98. The Morgan fingerprint density at radius 2 is 2.16 bits per heavy atom. The van der Waals surface area contributed by atoms with Crippen LogP contribution in [0.4, 0.5) is 0 Å². The summed E-state index contributed by atoms with van der Waals surface area (Å²) in [6.45, 7) is -0.248. The molecular formula is C12H13ClN2O3S. The van der Waals surface area contributed by atoms with Gasteiger partial charge < -0.3 is 14.7 Å². The van der Waals surface area contributed by atoms with Gasteiger partial charge >= 0.3 is 0 Å². The van der Waals surface area contributed by atoms with Crippen molar-refractivity contribution in [2.24, 2.45) is 0 Å². The van der Waals surface area contributed by atoms with Gasteiger partial charge in [-0.15, -0.1) is 11.8 Å². The minimum atomic E-state index is -0.726. The molecule has 0 aliphatic heterocycles. The van der Waals surface area contributed by atoms with Crippen LogP contribution in [0.15, 0.2) is 28.8 Å². The van der Waals surface area contributed by atoms with Gasteiger partial charge in [-0.25, -0.2) is 0 Å². The van der Waals surface area contributed by atoms with E-state index in [1.54, 1.807) is 6.07 Å². The Labute approximate surface area is 119 Å². The predicted molar refractivity (Wildman–Crippen MR) is 74.0 cm³/mol. The van der Waals surface area contributed by atoms with Crippen molar-refractivity contribution >= 4 is 23.4 Å². The van der Waals surface area contributed by atoms with Gasteiger partial charge in [0.1, 0.15) is 0 Å². The molecule has 0 fully saturated rings. The highest BCUT2D eigenvalue weighted by atomic mass is 35.5. The molecule has 1 heterocycles. The number of aliphatic hydroxyl groups is 2. The van der Waals surface area contributed by atoms with Crippen LogP contribution < -0.4 is 0 Å². The molecule has 0 aliphatic carbocycles. The lowest BCUT2D eigenvalue weighted by Crippen LogP contribution is -2.14. The third kappa shape index (κ3) is 3.94. The maximum absolute atomic E-state index is 9.20. The van der Waals surface area contributed by atoms with Crippen molar-refractivity contribution in [2.75, 3.05) is 12.4 Å². The van der Waals surface area contributed by atoms with E-state index in [2.05, 4.69) is 10.1 Å². The van der Waals surface area contributed by atoms with Crippen molar-refractivity contribution in [3.63, 3.8) is 0 Å². The van der Waals surface area contributed by atoms with Gasteiger partial charge in [-0.05, 0) is 12.1 Å². The molecule has 7 heteroatoms. The molecule has 1 aromatic carbocycles. The fourth-order valence-corrected chi connectivity index (χ4v) is 2.41. The second kappa shape index (κ2) is 6.91. The van der Waals surface area contributed by atoms with E-state index in [-0.39, 0.29) is 6.61 Å². The van der Waals surface area contributed by atoms with E-state index in [9.17, 15) is 5.11 Å². The minimum absolute atomic E-state index is 0.248. The molecule has 1 atom stereocenters. The Morgan fingerprint density at radius 3 is 2.89 bits per heavy atom. The van der Waals surface area contributed by atoms with E-state index in [0.717, 1.165) is 5.56 Å². The van der Waals surface area contributed by atoms with E-state index in [4.69, 9.17) is 21.2 Å². The van der Waals surface area contributed by atoms with Gasteiger partial charge in [0.2, 0.25) is 11.7 Å². The van der Waals surface area contributed by atoms with E-state index < -0.39 is 6.10 Å². The van der Waals surface area contributed by atoms with Crippen LogP contribution in [-0.2, 0) is 5.75 Å². The summed E-state index contributed by atoms with van der Waals surface area (Å²) < 4.78 is 5.10. The number of nitrogens with zero attached hydrogens (tertiary/aromatic N) is 2. The number of aromatic nitrogens is 2. The SMILES string of the molecule is OCC(O)CSCc1nc(-c2ccccc2Cl)no1. The third-order valence-corrected chi connectivity index (χ3v) is 3.73. The van der Waals surface area contributed by atoms with Gasteiger partial charge in [0.05, 0.1) is 23.5 Å². The second-order valence-corrected chi connectivity index (χ2v) is 5.28. The molecule has 2 rings (SSSR count). The van der Waals surface area contributed by atoms with Crippen LogP contribution in [0.3, 0.4) is 0 Å². The predicted octanol–water partition coefficient (Wildman–Crippen LogP) is 1.98. The standard InChI is InChI=1S/C12H13ClN2O3S/c13-10-4-2-1-3-9(10)12-14-11(18-15-12)7-19-6-8(17)5-16/h1-4,8,16-17H,5-7H2. The largest absolute Gasteiger partial charge is 0.394 e. The maximum Gasteiger partial charge on any atom is 0.236 e. The highest BCUT2D eigenvalue weighted by Gasteiger charge is 2.11. The molecule has 0 amide bonds. The van der Waals surface area contributed by atoms with E-state index in [0.29, 0.717) is 28.2 Å². The summed E-state index contributed by atoms with van der Waals surface area (Å²) in [5, 5.41) is 22.3. The Kier molecular flexibility index (Phi) is 5.21. The Bertz CT molecular complexity index is 535. The second-order valence-electron chi connectivity index (χ2n) is 3.84. The van der Waals surface area contributed by atoms with Gasteiger partial charge in [-0.3, -0.25) is 0 Å². The Hall–Kier alpha value is -1.08. The molecule has 0 saturated carbocycles. The molecular weight excluding hydrogens is 288 g/mol. The number of aliphatic hydroxyl groups excluding tert-OH is 2. The summed E-state index contributed by atoms with van der Waals surface area (Å²) in [7, 11) is 0. The van der Waals surface area contributed by atoms with Crippen LogP contribution in [0, 0.1) is 0 Å². The first kappa shape index (κ1) is 14.3. The summed E-state index contributed by atoms with van der Waals surface area (Å²) in [5.74, 6) is 1.81. The highest BCUT2D eigenvalue weighted by molar-refractivity contribution is 7.98. The molecule has 5 nitrogen and oxygen atoms in total. The number of thioether (sulfide) groups is 1. The van der Waals surface area contributed by atoms with Gasteiger partial charge in [0.25, 0.3) is 0 Å². The zero-order valence-electron chi connectivity index (χ0n) is 9.99. The molecule has 102 valence electrons. The van der Waals surface area contributed by atoms with Gasteiger partial charge in [0, 0.05) is 11.3 Å². The van der Waals surface area contributed by atoms with E-state index in [1.165, 1.54) is 11.8 Å². The molecule has 1 aromatic heterocycles. The molecule has 0 radical (unpaired) electrons. The highest BCUT2D eigenvalue weighted by Crippen LogP contribution is 2.25. The molecule has 2 aromatic rings. The van der Waals surface area contributed by atoms with Crippen LogP contribution in [0.5, 0.6) is 0 Å². The zero-order valence-corrected chi connectivity index (χ0v) is 11.6. The van der Waals surface area contributed by atoms with Crippen molar-refractivity contribution in [1.29, 1.82) is 0 Å². The molecule has 0 aliphatic rings. The molecule has 0 saturated heterocycles. The fraction of sp³-hybridized carbons (Fsp3) is 0.333. The average Bonchev–Trinajstić information content (AvgIpc) is 2.87. The van der Waals surface area contributed by atoms with Crippen LogP contribution in [0.25, 0.3) is 11.4 Å². The van der Waals surface area contributed by atoms with Gasteiger partial charge in [-0.2, -0.15) is 4.98 Å². The Morgan fingerprint density at radius 1 is 1.37 bits per heavy atom. The summed E-state index contributed by atoms with van der Waals surface area (Å²) in [6, 6.07) is 7.27. The van der Waals surface area contributed by atoms with Gasteiger partial charge in [0.15, 0.2) is 0 Å². The van der Waals surface area contributed by atoms with Crippen LogP contribution in [-0.4, -0.2) is 38.8 Å². The summed E-state index contributed by atoms with van der Waals surface area (Å²) in [6.07, 6.45) is -0.726. The normalized spacial score (nSPS) is 12.6. The minimum Gasteiger partial charge on any atom is -0.394 e. The van der Waals surface area contributed by atoms with Crippen LogP contribution in [0.2, 0.25) is 5.02 Å². The maximum atomic E-state index is 9.20. The van der Waals surface area contributed by atoms with Crippen molar-refractivity contribution in [2.45, 2.75) is 11.9 Å². The molecule has 0 bridgehead atoms. The third-order valence-electron chi connectivity index (χ3n) is 2.33. The van der Waals surface area contributed by atoms with Crippen LogP contribution >= 0.6 is 23.4 Å². The number of hydrogen-bond acceptors (Lipinski definition) is 6. The lowest BCUT2D eigenvalue weighted by molar-refractivity contribution is 0.113. The van der Waals surface area contributed by atoms with Gasteiger partial charge in [-0.1, -0.05) is 28.9 Å². The first-order chi connectivity index (χ1) is 9.20. The first-order valence-corrected chi connectivity index (χ1v) is 7.18. The fourth-order valence-electron chi connectivity index (χ4n) is 1.40. The van der Waals surface area contributed by atoms with Crippen molar-refractivity contribution < 1.29 is 14.7 Å². The quantitative estimate of drug-likeness (QED) is 0.849. The average molecular weight is 301 g/mol. The summed E-state index contributed by atoms with van der Waals surface area (Å²) >= 11 is 7.46. The van der Waals surface area contributed by atoms with E-state index >= 15 is 0 Å². The topological polar surface area (TPSA) is 79.4 Å². The summed E-state index contributed by atoms with van der Waals surface area (Å²) in [5.41, 5.74) is 0.722. The first-order valence-electron chi connectivity index (χ1n) is 5.65. The lowest BCUT2D eigenvalue weighted by Gasteiger charge is -2.03. The van der Waals surface area contributed by atoms with Crippen molar-refractivity contribution in [1.82, 2.24) is 10.1 Å². The number of halogens is 1. The van der Waals surface area contributed by atoms with Crippen molar-refractivity contribution in [3.05, 3.63) is 35.2 Å². The van der Waals surface area contributed by atoms with E-state index in [1.807, 2.05) is 18.2 Å². The monoisotopic (exact) mass is 300 g/mol. The molecule has 1 unspecified atom stereocenters. The number of rotatable bonds is 6. The summed E-state index contributed by atoms with van der Waals surface area (Å²) in [4.78, 5) is 4.24. The molecule has 0 spiro atoms. The van der Waals surface area contributed by atoms with Crippen molar-refractivity contribution in [3.8, 4) is 11.4 Å². The lowest BCUT2D eigenvalue weighted by atomic mass is 10.2. The molecule has 19 heavy (non-hydrogen) atoms. The molecule has 2 N–H and O–H groups in total. The van der Waals surface area contributed by atoms with Crippen LogP contribution in [0.1, 0.15) is 5.89 Å². The number of hydrogen-bond donors (Lipinski definition) is 2.